The zero-order valence-electron chi connectivity index (χ0n) is 17.5. The van der Waals surface area contributed by atoms with Crippen molar-refractivity contribution in [2.45, 2.75) is 73.4 Å². The average molecular weight is 497 g/mol. The minimum absolute atomic E-state index is 0.883. The Kier molecular flexibility index (Phi) is 14.0. The number of rotatable bonds is 2. The van der Waals surface area contributed by atoms with Gasteiger partial charge in [-0.3, -0.25) is 0 Å². The molecule has 0 nitrogen and oxygen atoms in total. The van der Waals surface area contributed by atoms with Crippen molar-refractivity contribution in [2.24, 2.45) is 11.8 Å². The summed E-state index contributed by atoms with van der Waals surface area (Å²) in [5, 5.41) is 0. The van der Waals surface area contributed by atoms with Gasteiger partial charge in [-0.2, -0.15) is 23.5 Å². The Balaban J connectivity index is 1.42. The Morgan fingerprint density at radius 2 is 0.679 bits per heavy atom. The van der Waals surface area contributed by atoms with E-state index in [9.17, 15) is 0 Å². The zero-order chi connectivity index (χ0) is 19.3. The van der Waals surface area contributed by atoms with E-state index in [-0.39, 0.29) is 0 Å². The van der Waals surface area contributed by atoms with Gasteiger partial charge in [-0.1, -0.05) is 38.5 Å². The molecule has 0 amide bonds. The van der Waals surface area contributed by atoms with Gasteiger partial charge < -0.3 is 0 Å². The van der Waals surface area contributed by atoms with E-state index in [0.717, 1.165) is 21.0 Å². The third-order valence-corrected chi connectivity index (χ3v) is 15.4. The van der Waals surface area contributed by atoms with Crippen LogP contribution in [0.1, 0.15) is 64.2 Å². The first-order valence-electron chi connectivity index (χ1n) is 11.6. The van der Waals surface area contributed by atoms with Crippen molar-refractivity contribution in [3.05, 3.63) is 0 Å². The van der Waals surface area contributed by atoms with E-state index >= 15 is 0 Å². The SMILES string of the molecule is C1CCC(C2SCCSCCSC(C3CCCCC3)SCCSCCS2)CC1. The lowest BCUT2D eigenvalue weighted by Crippen LogP contribution is -2.20. The minimum Gasteiger partial charge on any atom is -0.160 e. The summed E-state index contributed by atoms with van der Waals surface area (Å²) in [7, 11) is 0. The van der Waals surface area contributed by atoms with Gasteiger partial charge in [-0.15, -0.1) is 47.0 Å². The quantitative estimate of drug-likeness (QED) is 0.375. The Labute approximate surface area is 200 Å². The molecular weight excluding hydrogens is 457 g/mol. The third kappa shape index (κ3) is 9.71. The van der Waals surface area contributed by atoms with Gasteiger partial charge in [0.25, 0.3) is 0 Å². The van der Waals surface area contributed by atoms with Crippen molar-refractivity contribution >= 4 is 70.6 Å². The molecule has 0 atom stereocenters. The van der Waals surface area contributed by atoms with Crippen molar-refractivity contribution in [1.29, 1.82) is 0 Å². The molecule has 3 aliphatic rings. The monoisotopic (exact) mass is 496 g/mol. The van der Waals surface area contributed by atoms with Gasteiger partial charge in [0.1, 0.15) is 0 Å². The molecule has 0 aromatic rings. The lowest BCUT2D eigenvalue weighted by atomic mass is 9.91. The lowest BCUT2D eigenvalue weighted by Gasteiger charge is -2.30. The molecule has 0 bridgehead atoms. The van der Waals surface area contributed by atoms with Crippen LogP contribution in [0.2, 0.25) is 0 Å². The molecule has 2 saturated carbocycles. The molecule has 1 aliphatic heterocycles. The van der Waals surface area contributed by atoms with Gasteiger partial charge in [-0.05, 0) is 37.5 Å². The molecule has 1 heterocycles. The van der Waals surface area contributed by atoms with Crippen LogP contribution in [0.4, 0.5) is 0 Å². The second kappa shape index (κ2) is 15.8. The Bertz CT molecular complexity index is 329. The maximum absolute atomic E-state index is 2.31. The first kappa shape index (κ1) is 24.7. The van der Waals surface area contributed by atoms with Crippen molar-refractivity contribution in [3.8, 4) is 0 Å². The van der Waals surface area contributed by atoms with Crippen LogP contribution >= 0.6 is 70.6 Å². The molecule has 164 valence electrons. The number of hydrogen-bond donors (Lipinski definition) is 0. The van der Waals surface area contributed by atoms with E-state index in [2.05, 4.69) is 70.6 Å². The molecule has 6 heteroatoms. The van der Waals surface area contributed by atoms with E-state index < -0.39 is 0 Å². The Morgan fingerprint density at radius 1 is 0.357 bits per heavy atom. The van der Waals surface area contributed by atoms with Gasteiger partial charge in [0.2, 0.25) is 0 Å². The predicted octanol–water partition coefficient (Wildman–Crippen LogP) is 8.21. The minimum atomic E-state index is 0.883. The molecule has 3 fully saturated rings. The van der Waals surface area contributed by atoms with Crippen molar-refractivity contribution in [1.82, 2.24) is 0 Å². The highest BCUT2D eigenvalue weighted by atomic mass is 32.2. The summed E-state index contributed by atoms with van der Waals surface area (Å²) in [5.41, 5.74) is 0. The van der Waals surface area contributed by atoms with E-state index in [1.165, 1.54) is 110 Å². The van der Waals surface area contributed by atoms with Gasteiger partial charge in [0, 0.05) is 46.0 Å². The van der Waals surface area contributed by atoms with Gasteiger partial charge in [0.05, 0.1) is 9.16 Å². The van der Waals surface area contributed by atoms with Crippen LogP contribution in [0.15, 0.2) is 0 Å². The molecule has 0 N–H and O–H groups in total. The third-order valence-electron chi connectivity index (χ3n) is 6.11. The first-order valence-corrected chi connectivity index (χ1v) is 18.1. The van der Waals surface area contributed by atoms with Crippen LogP contribution in [-0.4, -0.2) is 55.2 Å². The fraction of sp³-hybridized carbons (Fsp3) is 1.00. The summed E-state index contributed by atoms with van der Waals surface area (Å²) in [6.45, 7) is 0. The average Bonchev–Trinajstić information content (AvgIpc) is 2.75. The van der Waals surface area contributed by atoms with Gasteiger partial charge in [0.15, 0.2) is 0 Å². The summed E-state index contributed by atoms with van der Waals surface area (Å²) in [4.78, 5) is 0. The van der Waals surface area contributed by atoms with Crippen LogP contribution in [0.3, 0.4) is 0 Å². The highest BCUT2D eigenvalue weighted by Gasteiger charge is 2.25. The summed E-state index contributed by atoms with van der Waals surface area (Å²) in [5.74, 6) is 13.0. The van der Waals surface area contributed by atoms with Gasteiger partial charge >= 0.3 is 0 Å². The summed E-state index contributed by atoms with van der Waals surface area (Å²) < 4.78 is 1.77. The molecule has 2 aliphatic carbocycles. The maximum atomic E-state index is 2.31. The molecule has 0 spiro atoms. The zero-order valence-corrected chi connectivity index (χ0v) is 22.4. The lowest BCUT2D eigenvalue weighted by molar-refractivity contribution is 0.381. The van der Waals surface area contributed by atoms with Crippen molar-refractivity contribution in [2.75, 3.05) is 46.0 Å². The second-order valence-corrected chi connectivity index (χ2v) is 16.3. The van der Waals surface area contributed by atoms with E-state index in [1.807, 2.05) is 0 Å². The van der Waals surface area contributed by atoms with Crippen molar-refractivity contribution in [3.63, 3.8) is 0 Å². The maximum Gasteiger partial charge on any atom is 0.0531 e. The summed E-state index contributed by atoms with van der Waals surface area (Å²) >= 11 is 13.7. The fourth-order valence-corrected chi connectivity index (χ4v) is 13.4. The Morgan fingerprint density at radius 3 is 1.00 bits per heavy atom. The van der Waals surface area contributed by atoms with Crippen LogP contribution < -0.4 is 0 Å². The molecule has 28 heavy (non-hydrogen) atoms. The number of hydrogen-bond acceptors (Lipinski definition) is 6. The molecule has 1 saturated heterocycles. The highest BCUT2D eigenvalue weighted by molar-refractivity contribution is 8.18. The smallest absolute Gasteiger partial charge is 0.0531 e. The summed E-state index contributed by atoms with van der Waals surface area (Å²) in [6, 6.07) is 0. The van der Waals surface area contributed by atoms with E-state index in [1.54, 1.807) is 0 Å². The van der Waals surface area contributed by atoms with E-state index in [0.29, 0.717) is 0 Å². The Hall–Kier alpha value is 2.10. The molecule has 0 aromatic carbocycles. The molecule has 0 aromatic heterocycles. The fourth-order valence-electron chi connectivity index (χ4n) is 4.55. The van der Waals surface area contributed by atoms with Gasteiger partial charge in [-0.25, -0.2) is 0 Å². The topological polar surface area (TPSA) is 0 Å². The normalized spacial score (nSPS) is 32.1. The van der Waals surface area contributed by atoms with Crippen LogP contribution in [-0.2, 0) is 0 Å². The first-order chi connectivity index (χ1) is 13.9. The molecule has 0 radical (unpaired) electrons. The van der Waals surface area contributed by atoms with Crippen molar-refractivity contribution < 1.29 is 0 Å². The second-order valence-electron chi connectivity index (χ2n) is 8.24. The largest absolute Gasteiger partial charge is 0.160 e. The van der Waals surface area contributed by atoms with Crippen LogP contribution in [0.25, 0.3) is 0 Å². The molecule has 0 unspecified atom stereocenters. The van der Waals surface area contributed by atoms with E-state index in [4.69, 9.17) is 0 Å². The molecule has 3 rings (SSSR count). The highest BCUT2D eigenvalue weighted by Crippen LogP contribution is 2.41. The predicted molar refractivity (Wildman–Crippen MR) is 145 cm³/mol. The van der Waals surface area contributed by atoms with Crippen LogP contribution in [0.5, 0.6) is 0 Å². The summed E-state index contributed by atoms with van der Waals surface area (Å²) in [6.07, 6.45) is 14.9. The molecular formula is C22H40S6. The standard InChI is InChI=1S/C22H40S6/c1-3-7-19(8-4-1)21-25-15-11-23-13-17-27-22(20-9-5-2-6-10-20)28-18-14-24-12-16-26-21/h19-22H,1-18H2. The van der Waals surface area contributed by atoms with Crippen LogP contribution in [0, 0.1) is 11.8 Å². The number of thioether (sulfide) groups is 6.